The van der Waals surface area contributed by atoms with Crippen LogP contribution in [0.1, 0.15) is 37.0 Å². The Labute approximate surface area is 104 Å². The molecule has 0 spiro atoms. The van der Waals surface area contributed by atoms with Gasteiger partial charge in [-0.2, -0.15) is 0 Å². The predicted molar refractivity (Wildman–Crippen MR) is 72.4 cm³/mol. The molecule has 0 bridgehead atoms. The average Bonchev–Trinajstić information content (AvgIpc) is 2.23. The molecule has 0 saturated carbocycles. The van der Waals surface area contributed by atoms with Gasteiger partial charge in [-0.25, -0.2) is 0 Å². The largest absolute Gasteiger partial charge is 0.314 e. The highest BCUT2D eigenvalue weighted by Crippen LogP contribution is 2.12. The van der Waals surface area contributed by atoms with E-state index in [-0.39, 0.29) is 0 Å². The minimum atomic E-state index is 0.312. The van der Waals surface area contributed by atoms with E-state index >= 15 is 0 Å². The Balaban J connectivity index is 2.47. The molecule has 2 heteroatoms. The highest BCUT2D eigenvalue weighted by Gasteiger charge is 2.06. The van der Waals surface area contributed by atoms with Crippen molar-refractivity contribution in [1.82, 2.24) is 5.32 Å². The molecule has 94 valence electrons. The maximum Gasteiger partial charge on any atom is 0.138 e. The zero-order chi connectivity index (χ0) is 12.8. The third kappa shape index (κ3) is 5.14. The van der Waals surface area contributed by atoms with Crippen LogP contribution >= 0.6 is 0 Å². The summed E-state index contributed by atoms with van der Waals surface area (Å²) in [7, 11) is 0. The van der Waals surface area contributed by atoms with E-state index < -0.39 is 0 Å². The molecule has 0 unspecified atom stereocenters. The van der Waals surface area contributed by atoms with Crippen molar-refractivity contribution in [3.05, 3.63) is 34.9 Å². The lowest BCUT2D eigenvalue weighted by molar-refractivity contribution is -0.118. The number of benzene rings is 1. The third-order valence-corrected chi connectivity index (χ3v) is 2.85. The fraction of sp³-hybridized carbons (Fsp3) is 0.533. The van der Waals surface area contributed by atoms with E-state index in [0.717, 1.165) is 6.54 Å². The molecule has 1 rings (SSSR count). The van der Waals surface area contributed by atoms with E-state index in [4.69, 9.17) is 0 Å². The number of rotatable bonds is 6. The van der Waals surface area contributed by atoms with Gasteiger partial charge in [0.25, 0.3) is 0 Å². The van der Waals surface area contributed by atoms with Crippen molar-refractivity contribution in [2.45, 2.75) is 46.6 Å². The first-order valence-electron chi connectivity index (χ1n) is 6.30. The number of carbonyl (C=O) groups excluding carboxylic acids is 1. The van der Waals surface area contributed by atoms with Gasteiger partial charge in [0.1, 0.15) is 5.78 Å². The van der Waals surface area contributed by atoms with Gasteiger partial charge in [0.15, 0.2) is 0 Å². The molecule has 0 aliphatic carbocycles. The van der Waals surface area contributed by atoms with Crippen LogP contribution in [0.2, 0.25) is 0 Å². The molecule has 0 atom stereocenters. The van der Waals surface area contributed by atoms with Gasteiger partial charge in [-0.05, 0) is 25.0 Å². The van der Waals surface area contributed by atoms with Crippen LogP contribution in [0.25, 0.3) is 0 Å². The maximum absolute atomic E-state index is 11.8. The number of carbonyl (C=O) groups is 1. The van der Waals surface area contributed by atoms with Gasteiger partial charge < -0.3 is 5.32 Å². The second-order valence-corrected chi connectivity index (χ2v) is 5.00. The Morgan fingerprint density at radius 2 is 2.00 bits per heavy atom. The zero-order valence-corrected chi connectivity index (χ0v) is 11.3. The summed E-state index contributed by atoms with van der Waals surface area (Å²) in [5.74, 6) is 0.312. The van der Waals surface area contributed by atoms with Crippen molar-refractivity contribution < 1.29 is 4.79 Å². The topological polar surface area (TPSA) is 29.1 Å². The molecule has 0 aromatic heterocycles. The highest BCUT2D eigenvalue weighted by molar-refractivity contribution is 5.81. The molecule has 1 N–H and O–H groups in total. The SMILES string of the molecule is Cc1ccc(C)c(CC(=O)CCNC(C)C)c1. The van der Waals surface area contributed by atoms with Crippen LogP contribution < -0.4 is 5.32 Å². The van der Waals surface area contributed by atoms with Gasteiger partial charge >= 0.3 is 0 Å². The van der Waals surface area contributed by atoms with Crippen LogP contribution in [0.4, 0.5) is 0 Å². The number of aryl methyl sites for hydroxylation is 2. The van der Waals surface area contributed by atoms with E-state index in [9.17, 15) is 4.79 Å². The van der Waals surface area contributed by atoms with E-state index in [2.05, 4.69) is 51.2 Å². The number of ketones is 1. The number of hydrogen-bond acceptors (Lipinski definition) is 2. The molecule has 17 heavy (non-hydrogen) atoms. The fourth-order valence-corrected chi connectivity index (χ4v) is 1.79. The summed E-state index contributed by atoms with van der Waals surface area (Å²) in [6.45, 7) is 9.09. The molecule has 0 aliphatic rings. The van der Waals surface area contributed by atoms with E-state index in [1.165, 1.54) is 16.7 Å². The van der Waals surface area contributed by atoms with Crippen molar-refractivity contribution in [3.63, 3.8) is 0 Å². The predicted octanol–water partition coefficient (Wildman–Crippen LogP) is 2.80. The molecule has 1 aromatic rings. The van der Waals surface area contributed by atoms with Gasteiger partial charge in [0.05, 0.1) is 0 Å². The van der Waals surface area contributed by atoms with E-state index in [1.54, 1.807) is 0 Å². The second-order valence-electron chi connectivity index (χ2n) is 5.00. The first-order valence-corrected chi connectivity index (χ1v) is 6.30. The second kappa shape index (κ2) is 6.55. The molecule has 0 heterocycles. The number of nitrogens with one attached hydrogen (secondary N) is 1. The molecule has 1 aromatic carbocycles. The molecule has 0 fully saturated rings. The van der Waals surface area contributed by atoms with Gasteiger partial charge in [0.2, 0.25) is 0 Å². The summed E-state index contributed by atoms with van der Waals surface area (Å²) >= 11 is 0. The van der Waals surface area contributed by atoms with Gasteiger partial charge in [-0.1, -0.05) is 37.6 Å². The highest BCUT2D eigenvalue weighted by atomic mass is 16.1. The zero-order valence-electron chi connectivity index (χ0n) is 11.3. The van der Waals surface area contributed by atoms with Gasteiger partial charge in [-0.3, -0.25) is 4.79 Å². The lowest BCUT2D eigenvalue weighted by atomic mass is 10.00. The van der Waals surface area contributed by atoms with Crippen LogP contribution in [0.15, 0.2) is 18.2 Å². The molecule has 0 saturated heterocycles. The summed E-state index contributed by atoms with van der Waals surface area (Å²) in [4.78, 5) is 11.8. The molecule has 0 aliphatic heterocycles. The quantitative estimate of drug-likeness (QED) is 0.818. The Morgan fingerprint density at radius 1 is 1.29 bits per heavy atom. The molecular weight excluding hydrogens is 210 g/mol. The Hall–Kier alpha value is -1.15. The third-order valence-electron chi connectivity index (χ3n) is 2.85. The van der Waals surface area contributed by atoms with Crippen LogP contribution in [-0.4, -0.2) is 18.4 Å². The summed E-state index contributed by atoms with van der Waals surface area (Å²) in [5.41, 5.74) is 3.60. The van der Waals surface area contributed by atoms with E-state index in [1.807, 2.05) is 0 Å². The van der Waals surface area contributed by atoms with Crippen LogP contribution in [0, 0.1) is 13.8 Å². The number of Topliss-reactive ketones (excluding diaryl/α,β-unsaturated/α-hetero) is 1. The van der Waals surface area contributed by atoms with Crippen LogP contribution in [-0.2, 0) is 11.2 Å². The summed E-state index contributed by atoms with van der Waals surface area (Å²) in [5, 5.41) is 3.27. The van der Waals surface area contributed by atoms with Crippen LogP contribution in [0.5, 0.6) is 0 Å². The van der Waals surface area contributed by atoms with Gasteiger partial charge in [0, 0.05) is 25.4 Å². The summed E-state index contributed by atoms with van der Waals surface area (Å²) < 4.78 is 0. The molecule has 0 amide bonds. The Kier molecular flexibility index (Phi) is 5.36. The smallest absolute Gasteiger partial charge is 0.138 e. The summed E-state index contributed by atoms with van der Waals surface area (Å²) in [6, 6.07) is 6.74. The lowest BCUT2D eigenvalue weighted by Gasteiger charge is -2.09. The van der Waals surface area contributed by atoms with Crippen molar-refractivity contribution in [1.29, 1.82) is 0 Å². The Morgan fingerprint density at radius 3 is 2.65 bits per heavy atom. The standard InChI is InChI=1S/C15H23NO/c1-11(2)16-8-7-15(17)10-14-9-12(3)5-6-13(14)4/h5-6,9,11,16H,7-8,10H2,1-4H3. The minimum Gasteiger partial charge on any atom is -0.314 e. The summed E-state index contributed by atoms with van der Waals surface area (Å²) in [6.07, 6.45) is 1.18. The lowest BCUT2D eigenvalue weighted by Crippen LogP contribution is -2.25. The van der Waals surface area contributed by atoms with Gasteiger partial charge in [-0.15, -0.1) is 0 Å². The fourth-order valence-electron chi connectivity index (χ4n) is 1.79. The molecule has 2 nitrogen and oxygen atoms in total. The first-order chi connectivity index (χ1) is 7.99. The van der Waals surface area contributed by atoms with Crippen LogP contribution in [0.3, 0.4) is 0 Å². The number of hydrogen-bond donors (Lipinski definition) is 1. The van der Waals surface area contributed by atoms with Crippen molar-refractivity contribution in [2.75, 3.05) is 6.54 Å². The maximum atomic E-state index is 11.8. The van der Waals surface area contributed by atoms with Crippen molar-refractivity contribution >= 4 is 5.78 Å². The van der Waals surface area contributed by atoms with E-state index in [0.29, 0.717) is 24.7 Å². The monoisotopic (exact) mass is 233 g/mol. The normalized spacial score (nSPS) is 10.9. The minimum absolute atomic E-state index is 0.312. The first kappa shape index (κ1) is 13.9. The van der Waals surface area contributed by atoms with Crippen molar-refractivity contribution in [3.8, 4) is 0 Å². The Bertz CT molecular complexity index is 383. The molecule has 0 radical (unpaired) electrons. The average molecular weight is 233 g/mol. The van der Waals surface area contributed by atoms with Crippen molar-refractivity contribution in [2.24, 2.45) is 0 Å². The molecular formula is C15H23NO.